The van der Waals surface area contributed by atoms with Crippen molar-refractivity contribution in [3.63, 3.8) is 0 Å². The van der Waals surface area contributed by atoms with Crippen molar-refractivity contribution >= 4 is 5.87 Å². The SMILES string of the molecule is C=C=NC.CO. The van der Waals surface area contributed by atoms with E-state index in [-0.39, 0.29) is 0 Å². The van der Waals surface area contributed by atoms with Gasteiger partial charge in [0.25, 0.3) is 0 Å². The van der Waals surface area contributed by atoms with Crippen molar-refractivity contribution in [3.8, 4) is 0 Å². The summed E-state index contributed by atoms with van der Waals surface area (Å²) < 4.78 is 0. The molecule has 0 aliphatic carbocycles. The lowest BCUT2D eigenvalue weighted by atomic mass is 11.1. The number of hydrogen-bond donors (Lipinski definition) is 1. The molecule has 0 amide bonds. The lowest BCUT2D eigenvalue weighted by molar-refractivity contribution is 0.399. The van der Waals surface area contributed by atoms with Crippen molar-refractivity contribution in [3.05, 3.63) is 6.58 Å². The van der Waals surface area contributed by atoms with E-state index in [1.807, 2.05) is 0 Å². The predicted octanol–water partition coefficient (Wildman–Crippen LogP) is 0.0804. The fourth-order valence-electron chi connectivity index (χ4n) is 0. The number of aliphatic hydroxyl groups is 1. The van der Waals surface area contributed by atoms with Crippen molar-refractivity contribution in [2.24, 2.45) is 4.99 Å². The predicted molar refractivity (Wildman–Crippen MR) is 27.1 cm³/mol. The molecule has 0 aliphatic heterocycles. The van der Waals surface area contributed by atoms with Gasteiger partial charge in [-0.15, -0.1) is 0 Å². The highest BCUT2D eigenvalue weighted by Crippen LogP contribution is 1.29. The summed E-state index contributed by atoms with van der Waals surface area (Å²) in [5, 5.41) is 7.00. The summed E-state index contributed by atoms with van der Waals surface area (Å²) >= 11 is 0. The summed E-state index contributed by atoms with van der Waals surface area (Å²) in [5.41, 5.74) is 0. The molecule has 0 fully saturated rings. The van der Waals surface area contributed by atoms with Crippen LogP contribution in [-0.4, -0.2) is 25.1 Å². The zero-order valence-corrected chi connectivity index (χ0v) is 4.10. The van der Waals surface area contributed by atoms with Crippen LogP contribution in [0.4, 0.5) is 0 Å². The molecule has 2 heteroatoms. The van der Waals surface area contributed by atoms with Crippen molar-refractivity contribution in [2.45, 2.75) is 0 Å². The summed E-state index contributed by atoms with van der Waals surface area (Å²) in [4.78, 5) is 3.38. The van der Waals surface area contributed by atoms with Crippen molar-refractivity contribution in [1.29, 1.82) is 0 Å². The molecular formula is C4H9NO. The summed E-state index contributed by atoms with van der Waals surface area (Å²) in [6, 6.07) is 0. The molecule has 0 aliphatic rings. The van der Waals surface area contributed by atoms with E-state index in [4.69, 9.17) is 5.11 Å². The molecular weight excluding hydrogens is 78.0 g/mol. The number of hydrogen-bond acceptors (Lipinski definition) is 2. The van der Waals surface area contributed by atoms with Gasteiger partial charge >= 0.3 is 0 Å². The third-order valence-corrected chi connectivity index (χ3v) is 0.158. The average molecular weight is 87.1 g/mol. The van der Waals surface area contributed by atoms with Crippen LogP contribution in [0.3, 0.4) is 0 Å². The molecule has 0 rings (SSSR count). The first-order chi connectivity index (χ1) is 2.91. The summed E-state index contributed by atoms with van der Waals surface area (Å²) in [6.07, 6.45) is 0. The van der Waals surface area contributed by atoms with Crippen LogP contribution in [-0.2, 0) is 0 Å². The molecule has 2 nitrogen and oxygen atoms in total. The Kier molecular flexibility index (Phi) is 38.9. The lowest BCUT2D eigenvalue weighted by Crippen LogP contribution is -1.35. The van der Waals surface area contributed by atoms with Crippen LogP contribution < -0.4 is 0 Å². The van der Waals surface area contributed by atoms with E-state index in [2.05, 4.69) is 17.4 Å². The van der Waals surface area contributed by atoms with E-state index >= 15 is 0 Å². The zero-order chi connectivity index (χ0) is 5.41. The summed E-state index contributed by atoms with van der Waals surface area (Å²) in [6.45, 7) is 3.19. The number of aliphatic imine (C=N–C) groups is 1. The largest absolute Gasteiger partial charge is 0.400 e. The third-order valence-electron chi connectivity index (χ3n) is 0.158. The Morgan fingerprint density at radius 3 is 1.83 bits per heavy atom. The van der Waals surface area contributed by atoms with Crippen molar-refractivity contribution in [1.82, 2.24) is 0 Å². The van der Waals surface area contributed by atoms with Crippen LogP contribution >= 0.6 is 0 Å². The lowest BCUT2D eigenvalue weighted by Gasteiger charge is -1.42. The van der Waals surface area contributed by atoms with Gasteiger partial charge in [0, 0.05) is 14.2 Å². The molecule has 1 N–H and O–H groups in total. The van der Waals surface area contributed by atoms with Gasteiger partial charge in [0.2, 0.25) is 0 Å². The standard InChI is InChI=1S/C3H5N.CH4O/c1-3-4-2;1-2/h1H2,2H3;2H,1H3. The van der Waals surface area contributed by atoms with Gasteiger partial charge in [-0.1, -0.05) is 0 Å². The molecule has 0 radical (unpaired) electrons. The van der Waals surface area contributed by atoms with E-state index in [1.54, 1.807) is 7.05 Å². The second-order valence-corrected chi connectivity index (χ2v) is 0.382. The number of nitrogens with zero attached hydrogens (tertiary/aromatic N) is 1. The van der Waals surface area contributed by atoms with Gasteiger partial charge in [-0.2, -0.15) is 0 Å². The summed E-state index contributed by atoms with van der Waals surface area (Å²) in [5.74, 6) is 2.31. The maximum absolute atomic E-state index is 7.00. The smallest absolute Gasteiger partial charge is 0.0371 e. The van der Waals surface area contributed by atoms with Crippen LogP contribution in [0.25, 0.3) is 0 Å². The zero-order valence-electron chi connectivity index (χ0n) is 4.10. The first kappa shape index (κ1) is 9.05. The maximum Gasteiger partial charge on any atom is 0.0371 e. The molecule has 6 heavy (non-hydrogen) atoms. The minimum absolute atomic E-state index is 1.00. The Balaban J connectivity index is 0. The normalized spacial score (nSPS) is 3.83. The van der Waals surface area contributed by atoms with Gasteiger partial charge in [-0.25, -0.2) is 4.99 Å². The fourth-order valence-corrected chi connectivity index (χ4v) is 0. The van der Waals surface area contributed by atoms with Gasteiger partial charge in [0.05, 0.1) is 0 Å². The van der Waals surface area contributed by atoms with Crippen molar-refractivity contribution in [2.75, 3.05) is 14.2 Å². The fraction of sp³-hybridized carbons (Fsp3) is 0.500. The molecule has 0 saturated carbocycles. The number of rotatable bonds is 0. The van der Waals surface area contributed by atoms with Gasteiger partial charge < -0.3 is 5.11 Å². The first-order valence-electron chi connectivity index (χ1n) is 1.47. The van der Waals surface area contributed by atoms with Crippen LogP contribution in [0.5, 0.6) is 0 Å². The Hall–Kier alpha value is -0.590. The monoisotopic (exact) mass is 87.1 g/mol. The molecule has 0 heterocycles. The molecule has 0 atom stereocenters. The quantitative estimate of drug-likeness (QED) is 0.417. The van der Waals surface area contributed by atoms with Crippen LogP contribution in [0.15, 0.2) is 11.6 Å². The van der Waals surface area contributed by atoms with Gasteiger partial charge in [0.1, 0.15) is 0 Å². The van der Waals surface area contributed by atoms with Crippen LogP contribution in [0.2, 0.25) is 0 Å². The third kappa shape index (κ3) is 118. The van der Waals surface area contributed by atoms with E-state index in [1.165, 1.54) is 0 Å². The topological polar surface area (TPSA) is 32.6 Å². The minimum atomic E-state index is 1.00. The van der Waals surface area contributed by atoms with Crippen LogP contribution in [0, 0.1) is 0 Å². The molecule has 0 unspecified atom stereocenters. The molecule has 0 saturated heterocycles. The molecule has 0 bridgehead atoms. The second kappa shape index (κ2) is 25.8. The van der Waals surface area contributed by atoms with Gasteiger partial charge in [-0.3, -0.25) is 0 Å². The molecule has 36 valence electrons. The Labute approximate surface area is 37.8 Å². The van der Waals surface area contributed by atoms with Crippen molar-refractivity contribution < 1.29 is 5.11 Å². The summed E-state index contributed by atoms with van der Waals surface area (Å²) in [7, 11) is 2.63. The van der Waals surface area contributed by atoms with E-state index < -0.39 is 0 Å². The Morgan fingerprint density at radius 1 is 1.67 bits per heavy atom. The van der Waals surface area contributed by atoms with E-state index in [0.717, 1.165) is 7.11 Å². The minimum Gasteiger partial charge on any atom is -0.400 e. The Morgan fingerprint density at radius 2 is 1.83 bits per heavy atom. The highest BCUT2D eigenvalue weighted by molar-refractivity contribution is 5.45. The van der Waals surface area contributed by atoms with E-state index in [0.29, 0.717) is 0 Å². The highest BCUT2D eigenvalue weighted by atomic mass is 16.2. The second-order valence-electron chi connectivity index (χ2n) is 0.382. The molecule has 0 spiro atoms. The average Bonchev–Trinajstić information content (AvgIpc) is 1.72. The Bertz CT molecular complexity index is 45.5. The maximum atomic E-state index is 7.00. The first-order valence-corrected chi connectivity index (χ1v) is 1.47. The van der Waals surface area contributed by atoms with Crippen LogP contribution in [0.1, 0.15) is 0 Å². The highest BCUT2D eigenvalue weighted by Gasteiger charge is 1.21. The van der Waals surface area contributed by atoms with Gasteiger partial charge in [0.15, 0.2) is 0 Å². The number of aliphatic hydroxyl groups excluding tert-OH is 1. The van der Waals surface area contributed by atoms with Gasteiger partial charge in [-0.05, 0) is 12.4 Å². The molecule has 0 aromatic carbocycles. The molecule has 0 aromatic heterocycles. The molecule has 0 aromatic rings. The van der Waals surface area contributed by atoms with E-state index in [9.17, 15) is 0 Å².